The molecule has 0 aliphatic rings. The summed E-state index contributed by atoms with van der Waals surface area (Å²) in [5.74, 6) is 0. The third-order valence-electron chi connectivity index (χ3n) is 1.88. The van der Waals surface area contributed by atoms with Gasteiger partial charge in [-0.25, -0.2) is 0 Å². The van der Waals surface area contributed by atoms with Gasteiger partial charge in [0.2, 0.25) is 4.38 Å². The molecule has 13 heavy (non-hydrogen) atoms. The van der Waals surface area contributed by atoms with E-state index in [1.54, 1.807) is 0 Å². The van der Waals surface area contributed by atoms with Crippen LogP contribution in [0.1, 0.15) is 45.4 Å². The zero-order chi connectivity index (χ0) is 9.94. The summed E-state index contributed by atoms with van der Waals surface area (Å²) < 4.78 is 5.97. The molecule has 78 valence electrons. The van der Waals surface area contributed by atoms with Crippen LogP contribution >= 0.6 is 24.0 Å². The Kier molecular flexibility index (Phi) is 10.5. The van der Waals surface area contributed by atoms with E-state index >= 15 is 0 Å². The first-order valence-electron chi connectivity index (χ1n) is 5.02. The number of ether oxygens (including phenoxy) is 1. The topological polar surface area (TPSA) is 9.23 Å². The van der Waals surface area contributed by atoms with E-state index in [0.717, 1.165) is 13.0 Å². The van der Waals surface area contributed by atoms with Crippen LogP contribution in [0.15, 0.2) is 0 Å². The summed E-state index contributed by atoms with van der Waals surface area (Å²) in [6.07, 6.45) is 9.74. The Morgan fingerprint density at radius 3 is 2.38 bits per heavy atom. The van der Waals surface area contributed by atoms with Gasteiger partial charge in [-0.3, -0.25) is 0 Å². The minimum absolute atomic E-state index is 0.675. The van der Waals surface area contributed by atoms with E-state index in [2.05, 4.69) is 6.92 Å². The monoisotopic (exact) mass is 220 g/mol. The van der Waals surface area contributed by atoms with Crippen LogP contribution in [-0.4, -0.2) is 17.2 Å². The lowest BCUT2D eigenvalue weighted by Gasteiger charge is -2.04. The highest BCUT2D eigenvalue weighted by atomic mass is 32.2. The molecule has 0 saturated heterocycles. The molecule has 0 heterocycles. The Bertz CT molecular complexity index is 126. The van der Waals surface area contributed by atoms with Crippen LogP contribution in [0.3, 0.4) is 0 Å². The molecule has 1 nitrogen and oxygen atoms in total. The molecule has 0 aliphatic carbocycles. The maximum Gasteiger partial charge on any atom is 0.219 e. The molecule has 0 spiro atoms. The fourth-order valence-corrected chi connectivity index (χ4v) is 1.38. The third kappa shape index (κ3) is 10.2. The first kappa shape index (κ1) is 13.2. The second-order valence-corrected chi connectivity index (χ2v) is 4.48. The van der Waals surface area contributed by atoms with Crippen molar-refractivity contribution in [2.75, 3.05) is 12.9 Å². The number of unbranched alkanes of at least 4 members (excludes halogenated alkanes) is 5. The minimum atomic E-state index is 0.675. The van der Waals surface area contributed by atoms with Gasteiger partial charge in [-0.1, -0.05) is 50.8 Å². The Morgan fingerprint density at radius 1 is 1.15 bits per heavy atom. The van der Waals surface area contributed by atoms with Crippen LogP contribution in [0.25, 0.3) is 0 Å². The maximum atomic E-state index is 5.29. The molecule has 0 aromatic rings. The van der Waals surface area contributed by atoms with Crippen LogP contribution in [0.4, 0.5) is 0 Å². The van der Waals surface area contributed by atoms with E-state index in [4.69, 9.17) is 17.0 Å². The molecular formula is C10H20OS2. The highest BCUT2D eigenvalue weighted by Gasteiger charge is 1.94. The molecule has 0 radical (unpaired) electrons. The molecule has 0 rings (SSSR count). The highest BCUT2D eigenvalue weighted by molar-refractivity contribution is 8.22. The maximum absolute atomic E-state index is 5.29. The van der Waals surface area contributed by atoms with Crippen LogP contribution in [0.2, 0.25) is 0 Å². The van der Waals surface area contributed by atoms with E-state index < -0.39 is 0 Å². The Morgan fingerprint density at radius 2 is 1.77 bits per heavy atom. The normalized spacial score (nSPS) is 10.0. The summed E-state index contributed by atoms with van der Waals surface area (Å²) in [6, 6.07) is 0. The quantitative estimate of drug-likeness (QED) is 0.474. The fourth-order valence-electron chi connectivity index (χ4n) is 1.10. The van der Waals surface area contributed by atoms with Crippen molar-refractivity contribution in [1.82, 2.24) is 0 Å². The van der Waals surface area contributed by atoms with Gasteiger partial charge in [0.05, 0.1) is 6.61 Å². The Balaban J connectivity index is 2.95. The second kappa shape index (κ2) is 10.3. The van der Waals surface area contributed by atoms with E-state index in [9.17, 15) is 0 Å². The summed E-state index contributed by atoms with van der Waals surface area (Å²) in [6.45, 7) is 3.03. The highest BCUT2D eigenvalue weighted by Crippen LogP contribution is 2.06. The summed E-state index contributed by atoms with van der Waals surface area (Å²) in [5, 5.41) is 0. The van der Waals surface area contributed by atoms with Crippen LogP contribution in [-0.2, 0) is 4.74 Å². The lowest BCUT2D eigenvalue weighted by atomic mass is 10.1. The van der Waals surface area contributed by atoms with Gasteiger partial charge in [0, 0.05) is 0 Å². The van der Waals surface area contributed by atoms with Crippen molar-refractivity contribution in [1.29, 1.82) is 0 Å². The lowest BCUT2D eigenvalue weighted by Crippen LogP contribution is -1.98. The molecule has 0 fully saturated rings. The van der Waals surface area contributed by atoms with E-state index in [1.165, 1.54) is 43.9 Å². The smallest absolute Gasteiger partial charge is 0.219 e. The van der Waals surface area contributed by atoms with Crippen molar-refractivity contribution in [2.45, 2.75) is 45.4 Å². The molecule has 0 bridgehead atoms. The standard InChI is InChI=1S/C10H20OS2/c1-3-4-5-6-7-8-9-11-10(12)13-2/h3-9H2,1-2H3. The van der Waals surface area contributed by atoms with Gasteiger partial charge in [-0.05, 0) is 24.9 Å². The third-order valence-corrected chi connectivity index (χ3v) is 2.95. The molecule has 0 aromatic heterocycles. The predicted octanol–water partition coefficient (Wildman–Crippen LogP) is 4.01. The molecule has 0 atom stereocenters. The fraction of sp³-hybridized carbons (Fsp3) is 0.900. The summed E-state index contributed by atoms with van der Waals surface area (Å²) in [7, 11) is 0. The first-order chi connectivity index (χ1) is 6.31. The van der Waals surface area contributed by atoms with Gasteiger partial charge >= 0.3 is 0 Å². The largest absolute Gasteiger partial charge is 0.479 e. The van der Waals surface area contributed by atoms with Crippen LogP contribution < -0.4 is 0 Å². The summed E-state index contributed by atoms with van der Waals surface area (Å²) >= 11 is 6.42. The average molecular weight is 220 g/mol. The summed E-state index contributed by atoms with van der Waals surface area (Å²) in [5.41, 5.74) is 0. The zero-order valence-electron chi connectivity index (χ0n) is 8.67. The Labute approximate surface area is 91.6 Å². The summed E-state index contributed by atoms with van der Waals surface area (Å²) in [4.78, 5) is 0. The van der Waals surface area contributed by atoms with Crippen LogP contribution in [0.5, 0.6) is 0 Å². The lowest BCUT2D eigenvalue weighted by molar-refractivity contribution is 0.308. The molecule has 0 aromatic carbocycles. The number of hydrogen-bond donors (Lipinski definition) is 0. The molecule has 0 unspecified atom stereocenters. The van der Waals surface area contributed by atoms with Crippen LogP contribution in [0, 0.1) is 0 Å². The molecular weight excluding hydrogens is 200 g/mol. The van der Waals surface area contributed by atoms with Gasteiger partial charge in [0.1, 0.15) is 0 Å². The Hall–Kier alpha value is 0.240. The number of thiocarbonyl (C=S) groups is 1. The number of hydrogen-bond acceptors (Lipinski definition) is 3. The van der Waals surface area contributed by atoms with Crippen molar-refractivity contribution >= 4 is 28.4 Å². The molecule has 0 saturated carbocycles. The van der Waals surface area contributed by atoms with E-state index in [-0.39, 0.29) is 0 Å². The molecule has 0 N–H and O–H groups in total. The molecule has 0 amide bonds. The van der Waals surface area contributed by atoms with Gasteiger partial charge < -0.3 is 4.74 Å². The van der Waals surface area contributed by atoms with E-state index in [0.29, 0.717) is 4.38 Å². The predicted molar refractivity (Wildman–Crippen MR) is 65.4 cm³/mol. The minimum Gasteiger partial charge on any atom is -0.479 e. The SMILES string of the molecule is CCCCCCCCOC(=S)SC. The average Bonchev–Trinajstić information content (AvgIpc) is 2.16. The second-order valence-electron chi connectivity index (χ2n) is 3.07. The van der Waals surface area contributed by atoms with Gasteiger partial charge in [0.15, 0.2) is 0 Å². The number of thioether (sulfide) groups is 1. The van der Waals surface area contributed by atoms with Crippen molar-refractivity contribution in [2.24, 2.45) is 0 Å². The van der Waals surface area contributed by atoms with Crippen molar-refractivity contribution in [3.05, 3.63) is 0 Å². The van der Waals surface area contributed by atoms with Crippen molar-refractivity contribution in [3.63, 3.8) is 0 Å². The van der Waals surface area contributed by atoms with Crippen molar-refractivity contribution < 1.29 is 4.74 Å². The number of rotatable bonds is 7. The van der Waals surface area contributed by atoms with Crippen molar-refractivity contribution in [3.8, 4) is 0 Å². The van der Waals surface area contributed by atoms with Gasteiger partial charge in [0.25, 0.3) is 0 Å². The van der Waals surface area contributed by atoms with Gasteiger partial charge in [-0.15, -0.1) is 0 Å². The molecule has 0 aliphatic heterocycles. The first-order valence-corrected chi connectivity index (χ1v) is 6.65. The zero-order valence-corrected chi connectivity index (χ0v) is 10.3. The van der Waals surface area contributed by atoms with E-state index in [1.807, 2.05) is 6.26 Å². The van der Waals surface area contributed by atoms with Gasteiger partial charge in [-0.2, -0.15) is 0 Å². The molecule has 3 heteroatoms.